The molecule has 15 heavy (non-hydrogen) atoms. The van der Waals surface area contributed by atoms with E-state index in [-0.39, 0.29) is 12.2 Å². The van der Waals surface area contributed by atoms with Crippen molar-refractivity contribution in [2.45, 2.75) is 83.8 Å². The Morgan fingerprint density at radius 1 is 0.667 bits per heavy atom. The van der Waals surface area contributed by atoms with Gasteiger partial charge in [0.25, 0.3) is 0 Å². The highest BCUT2D eigenvalue weighted by Crippen LogP contribution is 2.11. The smallest absolute Gasteiger partial charge is 0.0537 e. The van der Waals surface area contributed by atoms with Crippen molar-refractivity contribution in [1.82, 2.24) is 0 Å². The van der Waals surface area contributed by atoms with Gasteiger partial charge < -0.3 is 10.2 Å². The highest BCUT2D eigenvalue weighted by atomic mass is 16.3. The summed E-state index contributed by atoms with van der Waals surface area (Å²) in [6, 6.07) is 0. The van der Waals surface area contributed by atoms with E-state index in [2.05, 4.69) is 0 Å². The maximum absolute atomic E-state index is 9.33. The van der Waals surface area contributed by atoms with Crippen LogP contribution in [0.3, 0.4) is 0 Å². The van der Waals surface area contributed by atoms with E-state index >= 15 is 0 Å². The molecule has 92 valence electrons. The van der Waals surface area contributed by atoms with Crippen molar-refractivity contribution in [2.24, 2.45) is 0 Å². The van der Waals surface area contributed by atoms with Crippen molar-refractivity contribution in [3.8, 4) is 0 Å². The van der Waals surface area contributed by atoms with Gasteiger partial charge in [-0.15, -0.1) is 0 Å². The zero-order valence-corrected chi connectivity index (χ0v) is 10.4. The lowest BCUT2D eigenvalue weighted by Crippen LogP contribution is -2.04. The van der Waals surface area contributed by atoms with Crippen LogP contribution in [-0.4, -0.2) is 22.4 Å². The molecular weight excluding hydrogens is 188 g/mol. The van der Waals surface area contributed by atoms with E-state index in [1.165, 1.54) is 19.3 Å². The summed E-state index contributed by atoms with van der Waals surface area (Å²) in [6.45, 7) is 4.05. The number of aliphatic hydroxyl groups is 2. The van der Waals surface area contributed by atoms with Crippen LogP contribution < -0.4 is 0 Å². The van der Waals surface area contributed by atoms with Crippen LogP contribution in [-0.2, 0) is 0 Å². The zero-order valence-electron chi connectivity index (χ0n) is 10.4. The van der Waals surface area contributed by atoms with Crippen molar-refractivity contribution >= 4 is 0 Å². The Morgan fingerprint density at radius 3 is 1.33 bits per heavy atom. The van der Waals surface area contributed by atoms with E-state index in [1.807, 2.05) is 13.8 Å². The summed E-state index contributed by atoms with van der Waals surface area (Å²) in [5.74, 6) is 0. The Bertz CT molecular complexity index is 112. The van der Waals surface area contributed by atoms with Crippen LogP contribution in [0.4, 0.5) is 0 Å². The summed E-state index contributed by atoms with van der Waals surface area (Å²) in [4.78, 5) is 0. The summed E-state index contributed by atoms with van der Waals surface area (Å²) >= 11 is 0. The Balaban J connectivity index is 3.05. The third-order valence-corrected chi connectivity index (χ3v) is 3.02. The average Bonchev–Trinajstić information content (AvgIpc) is 2.26. The zero-order chi connectivity index (χ0) is 11.5. The summed E-state index contributed by atoms with van der Waals surface area (Å²) < 4.78 is 0. The Morgan fingerprint density at radius 2 is 1.00 bits per heavy atom. The van der Waals surface area contributed by atoms with Crippen molar-refractivity contribution in [3.63, 3.8) is 0 Å². The largest absolute Gasteiger partial charge is 0.393 e. The van der Waals surface area contributed by atoms with E-state index < -0.39 is 0 Å². The van der Waals surface area contributed by atoms with Gasteiger partial charge in [-0.2, -0.15) is 0 Å². The molecule has 0 rings (SSSR count). The number of aliphatic hydroxyl groups excluding tert-OH is 2. The molecule has 0 aromatic rings. The summed E-state index contributed by atoms with van der Waals surface area (Å²) in [5.41, 5.74) is 0. The summed E-state index contributed by atoms with van der Waals surface area (Å²) in [7, 11) is 0. The fourth-order valence-corrected chi connectivity index (χ4v) is 1.70. The quantitative estimate of drug-likeness (QED) is 0.550. The number of rotatable bonds is 10. The van der Waals surface area contributed by atoms with Gasteiger partial charge in [-0.1, -0.05) is 46.0 Å². The predicted octanol–water partition coefficient (Wildman–Crippen LogP) is 3.26. The monoisotopic (exact) mass is 216 g/mol. The van der Waals surface area contributed by atoms with Crippen molar-refractivity contribution in [3.05, 3.63) is 0 Å². The molecule has 0 saturated carbocycles. The van der Waals surface area contributed by atoms with E-state index in [0.29, 0.717) is 0 Å². The summed E-state index contributed by atoms with van der Waals surface area (Å²) in [5, 5.41) is 18.7. The SMILES string of the molecule is CC[C@@H](O)CCCCCCC[C@@H](O)CC. The van der Waals surface area contributed by atoms with Gasteiger partial charge in [0.15, 0.2) is 0 Å². The molecule has 2 heteroatoms. The maximum atomic E-state index is 9.33. The molecular formula is C13H28O2. The van der Waals surface area contributed by atoms with Crippen LogP contribution in [0.5, 0.6) is 0 Å². The van der Waals surface area contributed by atoms with Crippen LogP contribution in [0, 0.1) is 0 Å². The molecule has 0 saturated heterocycles. The van der Waals surface area contributed by atoms with Crippen molar-refractivity contribution < 1.29 is 10.2 Å². The molecule has 0 fully saturated rings. The lowest BCUT2D eigenvalue weighted by Gasteiger charge is -2.08. The van der Waals surface area contributed by atoms with Crippen LogP contribution in [0.15, 0.2) is 0 Å². The first kappa shape index (κ1) is 14.9. The third-order valence-electron chi connectivity index (χ3n) is 3.02. The number of hydrogen-bond donors (Lipinski definition) is 2. The number of unbranched alkanes of at least 4 members (excludes halogenated alkanes) is 4. The molecule has 0 aliphatic heterocycles. The van der Waals surface area contributed by atoms with Crippen LogP contribution in [0.1, 0.15) is 71.6 Å². The Hall–Kier alpha value is -0.0800. The van der Waals surface area contributed by atoms with Gasteiger partial charge >= 0.3 is 0 Å². The lowest BCUT2D eigenvalue weighted by molar-refractivity contribution is 0.154. The van der Waals surface area contributed by atoms with Gasteiger partial charge in [-0.05, 0) is 25.7 Å². The van der Waals surface area contributed by atoms with E-state index in [0.717, 1.165) is 38.5 Å². The Kier molecular flexibility index (Phi) is 10.4. The highest BCUT2D eigenvalue weighted by molar-refractivity contribution is 4.55. The molecule has 0 aliphatic rings. The molecule has 0 amide bonds. The topological polar surface area (TPSA) is 40.5 Å². The predicted molar refractivity (Wildman–Crippen MR) is 64.9 cm³/mol. The second-order valence-electron chi connectivity index (χ2n) is 4.47. The van der Waals surface area contributed by atoms with E-state index in [9.17, 15) is 10.2 Å². The summed E-state index contributed by atoms with van der Waals surface area (Å²) in [6.07, 6.45) is 9.45. The molecule has 0 aliphatic carbocycles. The third kappa shape index (κ3) is 10.2. The van der Waals surface area contributed by atoms with Gasteiger partial charge in [0, 0.05) is 0 Å². The standard InChI is InChI=1S/C13H28O2/c1-3-12(14)10-8-6-5-7-9-11-13(15)4-2/h12-15H,3-11H2,1-2H3/t12-,13+. The molecule has 2 nitrogen and oxygen atoms in total. The molecule has 0 spiro atoms. The van der Waals surface area contributed by atoms with Gasteiger partial charge in [0.2, 0.25) is 0 Å². The molecule has 0 aromatic heterocycles. The molecule has 0 bridgehead atoms. The second kappa shape index (κ2) is 10.4. The van der Waals surface area contributed by atoms with Crippen LogP contribution >= 0.6 is 0 Å². The molecule has 2 atom stereocenters. The first-order valence-corrected chi connectivity index (χ1v) is 6.56. The first-order chi connectivity index (χ1) is 7.20. The minimum Gasteiger partial charge on any atom is -0.393 e. The van der Waals surface area contributed by atoms with E-state index in [4.69, 9.17) is 0 Å². The maximum Gasteiger partial charge on any atom is 0.0537 e. The van der Waals surface area contributed by atoms with Gasteiger partial charge in [-0.25, -0.2) is 0 Å². The van der Waals surface area contributed by atoms with Gasteiger partial charge in [-0.3, -0.25) is 0 Å². The fourth-order valence-electron chi connectivity index (χ4n) is 1.70. The van der Waals surface area contributed by atoms with E-state index in [1.54, 1.807) is 0 Å². The fraction of sp³-hybridized carbons (Fsp3) is 1.00. The molecule has 2 N–H and O–H groups in total. The molecule has 0 unspecified atom stereocenters. The van der Waals surface area contributed by atoms with Gasteiger partial charge in [0.1, 0.15) is 0 Å². The van der Waals surface area contributed by atoms with Crippen LogP contribution in [0.25, 0.3) is 0 Å². The average molecular weight is 216 g/mol. The number of hydrogen-bond acceptors (Lipinski definition) is 2. The highest BCUT2D eigenvalue weighted by Gasteiger charge is 2.01. The van der Waals surface area contributed by atoms with Crippen LogP contribution in [0.2, 0.25) is 0 Å². The molecule has 0 heterocycles. The lowest BCUT2D eigenvalue weighted by atomic mass is 10.0. The normalized spacial score (nSPS) is 15.2. The minimum absolute atomic E-state index is 0.0908. The second-order valence-corrected chi connectivity index (χ2v) is 4.47. The van der Waals surface area contributed by atoms with Gasteiger partial charge in [0.05, 0.1) is 12.2 Å². The van der Waals surface area contributed by atoms with Crippen molar-refractivity contribution in [1.29, 1.82) is 0 Å². The molecule has 0 aromatic carbocycles. The first-order valence-electron chi connectivity index (χ1n) is 6.56. The Labute approximate surface area is 94.7 Å². The minimum atomic E-state index is -0.0908. The molecule has 0 radical (unpaired) electrons. The van der Waals surface area contributed by atoms with Crippen molar-refractivity contribution in [2.75, 3.05) is 0 Å².